The van der Waals surface area contributed by atoms with Gasteiger partial charge in [0.2, 0.25) is 11.8 Å². The van der Waals surface area contributed by atoms with E-state index in [1.54, 1.807) is 16.7 Å². The minimum Gasteiger partial charge on any atom is -0.354 e. The molecule has 0 bridgehead atoms. The van der Waals surface area contributed by atoms with Crippen molar-refractivity contribution in [2.45, 2.75) is 58.4 Å². The van der Waals surface area contributed by atoms with Crippen LogP contribution in [0.1, 0.15) is 49.8 Å². The van der Waals surface area contributed by atoms with E-state index in [4.69, 9.17) is 11.6 Å². The van der Waals surface area contributed by atoms with Gasteiger partial charge >= 0.3 is 0 Å². The molecule has 0 aliphatic rings. The van der Waals surface area contributed by atoms with Crippen molar-refractivity contribution in [2.24, 2.45) is 0 Å². The van der Waals surface area contributed by atoms with Gasteiger partial charge in [-0.15, -0.1) is 11.8 Å². The zero-order valence-corrected chi connectivity index (χ0v) is 20.3. The first kappa shape index (κ1) is 25.3. The lowest BCUT2D eigenvalue weighted by Crippen LogP contribution is -2.49. The van der Waals surface area contributed by atoms with Crippen LogP contribution >= 0.6 is 23.4 Å². The fraction of sp³-hybridized carbons (Fsp3) is 0.440. The molecule has 0 aliphatic heterocycles. The molecular formula is C25H33ClN2O2S. The Morgan fingerprint density at radius 3 is 2.45 bits per heavy atom. The lowest BCUT2D eigenvalue weighted by Gasteiger charge is -2.30. The normalized spacial score (nSPS) is 11.7. The van der Waals surface area contributed by atoms with E-state index in [1.807, 2.05) is 43.3 Å². The molecule has 0 radical (unpaired) electrons. The van der Waals surface area contributed by atoms with Gasteiger partial charge in [0, 0.05) is 23.9 Å². The first-order valence-corrected chi connectivity index (χ1v) is 12.4. The average Bonchev–Trinajstić information content (AvgIpc) is 2.76. The molecular weight excluding hydrogens is 428 g/mol. The van der Waals surface area contributed by atoms with Crippen LogP contribution in [0.25, 0.3) is 0 Å². The Morgan fingerprint density at radius 2 is 1.81 bits per heavy atom. The lowest BCUT2D eigenvalue weighted by molar-refractivity contribution is -0.139. The van der Waals surface area contributed by atoms with Crippen molar-refractivity contribution < 1.29 is 9.59 Å². The summed E-state index contributed by atoms with van der Waals surface area (Å²) in [5.74, 6) is 1.00. The molecule has 4 nitrogen and oxygen atoms in total. The number of thioether (sulfide) groups is 1. The quantitative estimate of drug-likeness (QED) is 0.419. The third kappa shape index (κ3) is 8.23. The molecule has 6 heteroatoms. The van der Waals surface area contributed by atoms with E-state index in [2.05, 4.69) is 31.3 Å². The average molecular weight is 461 g/mol. The first-order chi connectivity index (χ1) is 15.0. The van der Waals surface area contributed by atoms with Crippen LogP contribution in [0.4, 0.5) is 0 Å². The monoisotopic (exact) mass is 460 g/mol. The summed E-state index contributed by atoms with van der Waals surface area (Å²) in [7, 11) is 0. The molecule has 1 N–H and O–H groups in total. The molecule has 2 amide bonds. The van der Waals surface area contributed by atoms with Crippen LogP contribution in [-0.2, 0) is 21.9 Å². The Morgan fingerprint density at radius 1 is 1.10 bits per heavy atom. The molecule has 0 saturated carbocycles. The molecule has 0 aromatic heterocycles. The fourth-order valence-corrected chi connectivity index (χ4v) is 4.43. The van der Waals surface area contributed by atoms with Crippen molar-refractivity contribution in [2.75, 3.05) is 12.3 Å². The van der Waals surface area contributed by atoms with Crippen LogP contribution in [0.3, 0.4) is 0 Å². The molecule has 0 fully saturated rings. The molecule has 0 spiro atoms. The van der Waals surface area contributed by atoms with Crippen molar-refractivity contribution in [1.82, 2.24) is 10.2 Å². The summed E-state index contributed by atoms with van der Waals surface area (Å²) < 4.78 is 0. The van der Waals surface area contributed by atoms with Crippen molar-refractivity contribution in [3.63, 3.8) is 0 Å². The lowest BCUT2D eigenvalue weighted by atomic mass is 10.1. The van der Waals surface area contributed by atoms with Gasteiger partial charge < -0.3 is 10.2 Å². The van der Waals surface area contributed by atoms with Gasteiger partial charge in [0.05, 0.1) is 5.75 Å². The maximum absolute atomic E-state index is 13.2. The number of amides is 2. The van der Waals surface area contributed by atoms with E-state index in [0.29, 0.717) is 30.3 Å². The van der Waals surface area contributed by atoms with Gasteiger partial charge in [-0.3, -0.25) is 9.59 Å². The van der Waals surface area contributed by atoms with Crippen LogP contribution in [-0.4, -0.2) is 35.1 Å². The third-order valence-corrected chi connectivity index (χ3v) is 6.44. The number of rotatable bonds is 12. The van der Waals surface area contributed by atoms with E-state index in [9.17, 15) is 9.59 Å². The van der Waals surface area contributed by atoms with Gasteiger partial charge in [0.15, 0.2) is 0 Å². The number of benzene rings is 2. The summed E-state index contributed by atoms with van der Waals surface area (Å²) in [5, 5.41) is 3.65. The zero-order valence-electron chi connectivity index (χ0n) is 18.7. The van der Waals surface area contributed by atoms with Crippen molar-refractivity contribution in [3.05, 3.63) is 70.2 Å². The second-order valence-electron chi connectivity index (χ2n) is 7.64. The number of aryl methyl sites for hydroxylation is 1. The van der Waals surface area contributed by atoms with Crippen LogP contribution < -0.4 is 5.32 Å². The summed E-state index contributed by atoms with van der Waals surface area (Å²) in [6.07, 6.45) is 2.51. The Kier molecular flexibility index (Phi) is 11.0. The highest BCUT2D eigenvalue weighted by atomic mass is 35.5. The molecule has 0 unspecified atom stereocenters. The SMILES string of the molecule is CCCCNC(=O)[C@H](CC)N(Cc1ccc(Cl)cc1)C(=O)CSCc1ccccc1C. The maximum atomic E-state index is 13.2. The number of carbonyl (C=O) groups excluding carboxylic acids is 2. The van der Waals surface area contributed by atoms with Gasteiger partial charge in [-0.1, -0.05) is 68.3 Å². The predicted octanol–water partition coefficient (Wildman–Crippen LogP) is 5.61. The van der Waals surface area contributed by atoms with Gasteiger partial charge in [-0.25, -0.2) is 0 Å². The van der Waals surface area contributed by atoms with Gasteiger partial charge in [0.25, 0.3) is 0 Å². The fourth-order valence-electron chi connectivity index (χ4n) is 3.32. The number of carbonyl (C=O) groups is 2. The Labute approximate surface area is 195 Å². The van der Waals surface area contributed by atoms with Crippen LogP contribution in [0, 0.1) is 6.92 Å². The van der Waals surface area contributed by atoms with E-state index in [0.717, 1.165) is 24.2 Å². The second kappa shape index (κ2) is 13.4. The molecule has 2 aromatic carbocycles. The largest absolute Gasteiger partial charge is 0.354 e. The van der Waals surface area contributed by atoms with Gasteiger partial charge in [0.1, 0.15) is 6.04 Å². The molecule has 31 heavy (non-hydrogen) atoms. The van der Waals surface area contributed by atoms with Gasteiger partial charge in [-0.05, 0) is 48.6 Å². The number of hydrogen-bond acceptors (Lipinski definition) is 3. The number of nitrogens with one attached hydrogen (secondary N) is 1. The van der Waals surface area contributed by atoms with Crippen molar-refractivity contribution in [1.29, 1.82) is 0 Å². The number of hydrogen-bond donors (Lipinski definition) is 1. The highest BCUT2D eigenvalue weighted by Gasteiger charge is 2.28. The number of halogens is 1. The summed E-state index contributed by atoms with van der Waals surface area (Å²) >= 11 is 7.60. The highest BCUT2D eigenvalue weighted by Crippen LogP contribution is 2.19. The Bertz CT molecular complexity index is 842. The van der Waals surface area contributed by atoms with E-state index in [1.165, 1.54) is 11.1 Å². The summed E-state index contributed by atoms with van der Waals surface area (Å²) in [6.45, 7) is 7.15. The minimum atomic E-state index is -0.487. The van der Waals surface area contributed by atoms with Crippen molar-refractivity contribution >= 4 is 35.2 Å². The molecule has 1 atom stereocenters. The van der Waals surface area contributed by atoms with Gasteiger partial charge in [-0.2, -0.15) is 0 Å². The topological polar surface area (TPSA) is 49.4 Å². The van der Waals surface area contributed by atoms with E-state index in [-0.39, 0.29) is 11.8 Å². The minimum absolute atomic E-state index is 0.0222. The highest BCUT2D eigenvalue weighted by molar-refractivity contribution is 7.99. The summed E-state index contributed by atoms with van der Waals surface area (Å²) in [4.78, 5) is 27.8. The number of nitrogens with zero attached hydrogens (tertiary/aromatic N) is 1. The summed E-state index contributed by atoms with van der Waals surface area (Å²) in [6, 6.07) is 15.2. The third-order valence-electron chi connectivity index (χ3n) is 5.23. The smallest absolute Gasteiger partial charge is 0.242 e. The van der Waals surface area contributed by atoms with E-state index >= 15 is 0 Å². The molecule has 0 aliphatic carbocycles. The molecule has 2 aromatic rings. The zero-order chi connectivity index (χ0) is 22.6. The molecule has 2 rings (SSSR count). The molecule has 168 valence electrons. The number of unbranched alkanes of at least 4 members (excludes halogenated alkanes) is 1. The van der Waals surface area contributed by atoms with Crippen LogP contribution in [0.15, 0.2) is 48.5 Å². The second-order valence-corrected chi connectivity index (χ2v) is 9.06. The first-order valence-electron chi connectivity index (χ1n) is 10.9. The maximum Gasteiger partial charge on any atom is 0.242 e. The molecule has 0 saturated heterocycles. The standard InChI is InChI=1S/C25H33ClN2O2S/c1-4-6-15-27-25(30)23(5-2)28(16-20-11-13-22(26)14-12-20)24(29)18-31-17-21-10-8-7-9-19(21)3/h7-14,23H,4-6,15-18H2,1-3H3,(H,27,30)/t23-/m0/s1. The van der Waals surface area contributed by atoms with E-state index < -0.39 is 6.04 Å². The van der Waals surface area contributed by atoms with Crippen LogP contribution in [0.2, 0.25) is 5.02 Å². The molecule has 0 heterocycles. The Balaban J connectivity index is 2.10. The van der Waals surface area contributed by atoms with Crippen molar-refractivity contribution in [3.8, 4) is 0 Å². The van der Waals surface area contributed by atoms with Crippen LogP contribution in [0.5, 0.6) is 0 Å². The Hall–Kier alpha value is -1.98. The summed E-state index contributed by atoms with van der Waals surface area (Å²) in [5.41, 5.74) is 3.41. The predicted molar refractivity (Wildman–Crippen MR) is 131 cm³/mol.